The summed E-state index contributed by atoms with van der Waals surface area (Å²) in [7, 11) is 3.57. The number of benzene rings is 1. The van der Waals surface area contributed by atoms with Crippen molar-refractivity contribution in [3.8, 4) is 0 Å². The molecule has 0 bridgehead atoms. The lowest BCUT2D eigenvalue weighted by atomic mass is 9.97. The molecule has 118 valence electrons. The van der Waals surface area contributed by atoms with Gasteiger partial charge < -0.3 is 14.8 Å². The monoisotopic (exact) mass is 309 g/mol. The Morgan fingerprint density at radius 2 is 2.00 bits per heavy atom. The molecule has 4 heteroatoms. The Kier molecular flexibility index (Phi) is 7.58. The minimum atomic E-state index is 0.459. The molecule has 0 saturated heterocycles. The molecule has 0 radical (unpaired) electrons. The summed E-state index contributed by atoms with van der Waals surface area (Å²) in [5.41, 5.74) is 1.33. The van der Waals surface area contributed by atoms with Crippen LogP contribution in [0.5, 0.6) is 0 Å². The first kappa shape index (κ1) is 16.8. The van der Waals surface area contributed by atoms with Crippen LogP contribution in [0.1, 0.15) is 31.2 Å². The molecule has 1 aromatic rings. The van der Waals surface area contributed by atoms with E-state index < -0.39 is 0 Å². The molecule has 1 saturated carbocycles. The van der Waals surface area contributed by atoms with E-state index >= 15 is 0 Å². The molecule has 0 heterocycles. The lowest BCUT2D eigenvalue weighted by Gasteiger charge is -2.27. The van der Waals surface area contributed by atoms with Crippen molar-refractivity contribution in [1.29, 1.82) is 0 Å². The van der Waals surface area contributed by atoms with Gasteiger partial charge in [-0.15, -0.1) is 11.8 Å². The van der Waals surface area contributed by atoms with Gasteiger partial charge in [0.05, 0.1) is 12.7 Å². The molecule has 21 heavy (non-hydrogen) atoms. The summed E-state index contributed by atoms with van der Waals surface area (Å²) in [6.45, 7) is 2.56. The fourth-order valence-corrected chi connectivity index (χ4v) is 3.98. The molecule has 0 amide bonds. The van der Waals surface area contributed by atoms with Crippen molar-refractivity contribution in [1.82, 2.24) is 5.32 Å². The molecule has 1 aromatic carbocycles. The fourth-order valence-electron chi connectivity index (χ4n) is 2.71. The number of hydrogen-bond acceptors (Lipinski definition) is 4. The molecule has 3 nitrogen and oxygen atoms in total. The molecule has 1 N–H and O–H groups in total. The topological polar surface area (TPSA) is 30.5 Å². The lowest BCUT2D eigenvalue weighted by molar-refractivity contribution is 0.0730. The average Bonchev–Trinajstić information content (AvgIpc) is 2.53. The van der Waals surface area contributed by atoms with Gasteiger partial charge in [0.25, 0.3) is 0 Å². The molecule has 2 rings (SSSR count). The molecule has 2 atom stereocenters. The van der Waals surface area contributed by atoms with Gasteiger partial charge in [0.1, 0.15) is 0 Å². The number of ether oxygens (including phenoxy) is 2. The van der Waals surface area contributed by atoms with Gasteiger partial charge in [-0.1, -0.05) is 12.1 Å². The number of methoxy groups -OCH3 is 2. The average molecular weight is 309 g/mol. The molecular weight excluding hydrogens is 282 g/mol. The second-order valence-electron chi connectivity index (χ2n) is 5.58. The van der Waals surface area contributed by atoms with Gasteiger partial charge in [-0.25, -0.2) is 0 Å². The van der Waals surface area contributed by atoms with Gasteiger partial charge in [0.2, 0.25) is 0 Å². The van der Waals surface area contributed by atoms with E-state index in [9.17, 15) is 0 Å². The summed E-state index contributed by atoms with van der Waals surface area (Å²) in [6.07, 6.45) is 5.46. The third-order valence-electron chi connectivity index (χ3n) is 3.95. The van der Waals surface area contributed by atoms with Crippen molar-refractivity contribution >= 4 is 11.8 Å². The third-order valence-corrected chi connectivity index (χ3v) is 5.26. The SMILES string of the molecule is COCCNCc1ccc(SC2CCCC(OC)C2)cc1. The summed E-state index contributed by atoms with van der Waals surface area (Å²) in [5.74, 6) is 0. The van der Waals surface area contributed by atoms with E-state index in [4.69, 9.17) is 9.47 Å². The molecule has 1 aliphatic carbocycles. The predicted molar refractivity (Wildman–Crippen MR) is 88.9 cm³/mol. The zero-order valence-electron chi connectivity index (χ0n) is 13.1. The number of rotatable bonds is 8. The van der Waals surface area contributed by atoms with Gasteiger partial charge in [-0.05, 0) is 43.4 Å². The Labute approximate surface area is 132 Å². The standard InChI is InChI=1S/C17H27NO2S/c1-19-11-10-18-13-14-6-8-16(9-7-14)21-17-5-3-4-15(12-17)20-2/h6-9,15,17-18H,3-5,10-13H2,1-2H3. The van der Waals surface area contributed by atoms with Crippen LogP contribution in [0.25, 0.3) is 0 Å². The van der Waals surface area contributed by atoms with Crippen molar-refractivity contribution in [2.75, 3.05) is 27.4 Å². The fraction of sp³-hybridized carbons (Fsp3) is 0.647. The van der Waals surface area contributed by atoms with Crippen molar-refractivity contribution in [3.05, 3.63) is 29.8 Å². The first-order chi connectivity index (χ1) is 10.3. The van der Waals surface area contributed by atoms with Gasteiger partial charge in [0.15, 0.2) is 0 Å². The summed E-state index contributed by atoms with van der Waals surface area (Å²) >= 11 is 2.00. The van der Waals surface area contributed by atoms with Crippen LogP contribution in [0.4, 0.5) is 0 Å². The van der Waals surface area contributed by atoms with Crippen molar-refractivity contribution in [3.63, 3.8) is 0 Å². The second kappa shape index (κ2) is 9.46. The number of nitrogens with one attached hydrogen (secondary N) is 1. The molecule has 2 unspecified atom stereocenters. The summed E-state index contributed by atoms with van der Waals surface area (Å²) in [6, 6.07) is 8.93. The zero-order valence-corrected chi connectivity index (χ0v) is 14.0. The minimum absolute atomic E-state index is 0.459. The van der Waals surface area contributed by atoms with Gasteiger partial charge in [-0.2, -0.15) is 0 Å². The summed E-state index contributed by atoms with van der Waals surface area (Å²) in [5, 5.41) is 4.07. The molecule has 1 aliphatic rings. The third kappa shape index (κ3) is 5.99. The highest BCUT2D eigenvalue weighted by molar-refractivity contribution is 8.00. The van der Waals surface area contributed by atoms with E-state index in [0.717, 1.165) is 19.7 Å². The largest absolute Gasteiger partial charge is 0.383 e. The Morgan fingerprint density at radius 3 is 2.71 bits per heavy atom. The highest BCUT2D eigenvalue weighted by atomic mass is 32.2. The smallest absolute Gasteiger partial charge is 0.0587 e. The van der Waals surface area contributed by atoms with Crippen LogP contribution in [0.2, 0.25) is 0 Å². The van der Waals surface area contributed by atoms with Gasteiger partial charge >= 0.3 is 0 Å². The van der Waals surface area contributed by atoms with E-state index in [-0.39, 0.29) is 0 Å². The van der Waals surface area contributed by atoms with Crippen LogP contribution in [0.3, 0.4) is 0 Å². The zero-order chi connectivity index (χ0) is 14.9. The summed E-state index contributed by atoms with van der Waals surface area (Å²) < 4.78 is 10.5. The van der Waals surface area contributed by atoms with Crippen LogP contribution < -0.4 is 5.32 Å². The normalized spacial score (nSPS) is 22.4. The van der Waals surface area contributed by atoms with E-state index in [1.807, 2.05) is 18.9 Å². The quantitative estimate of drug-likeness (QED) is 0.745. The highest BCUT2D eigenvalue weighted by Crippen LogP contribution is 2.34. The van der Waals surface area contributed by atoms with Crippen LogP contribution >= 0.6 is 11.8 Å². The highest BCUT2D eigenvalue weighted by Gasteiger charge is 2.22. The Hall–Kier alpha value is -0.550. The first-order valence-corrected chi connectivity index (χ1v) is 8.68. The molecule has 0 spiro atoms. The van der Waals surface area contributed by atoms with E-state index in [2.05, 4.69) is 29.6 Å². The Morgan fingerprint density at radius 1 is 1.19 bits per heavy atom. The molecule has 0 aliphatic heterocycles. The summed E-state index contributed by atoms with van der Waals surface area (Å²) in [4.78, 5) is 1.37. The Balaban J connectivity index is 1.76. The van der Waals surface area contributed by atoms with E-state index in [0.29, 0.717) is 11.4 Å². The first-order valence-electron chi connectivity index (χ1n) is 7.80. The van der Waals surface area contributed by atoms with Crippen LogP contribution in [-0.4, -0.2) is 38.7 Å². The maximum atomic E-state index is 5.51. The molecule has 1 fully saturated rings. The van der Waals surface area contributed by atoms with Crippen LogP contribution in [0, 0.1) is 0 Å². The predicted octanol–water partition coefficient (Wildman–Crippen LogP) is 3.47. The van der Waals surface area contributed by atoms with Crippen LogP contribution in [-0.2, 0) is 16.0 Å². The number of hydrogen-bond donors (Lipinski definition) is 1. The van der Waals surface area contributed by atoms with Gasteiger partial charge in [-0.3, -0.25) is 0 Å². The van der Waals surface area contributed by atoms with Crippen molar-refractivity contribution in [2.45, 2.75) is 48.5 Å². The minimum Gasteiger partial charge on any atom is -0.383 e. The Bertz CT molecular complexity index is 396. The van der Waals surface area contributed by atoms with Gasteiger partial charge in [0, 0.05) is 37.5 Å². The maximum Gasteiger partial charge on any atom is 0.0587 e. The maximum absolute atomic E-state index is 5.51. The van der Waals surface area contributed by atoms with E-state index in [1.54, 1.807) is 7.11 Å². The van der Waals surface area contributed by atoms with Crippen LogP contribution in [0.15, 0.2) is 29.2 Å². The van der Waals surface area contributed by atoms with Crippen molar-refractivity contribution in [2.24, 2.45) is 0 Å². The molecule has 0 aromatic heterocycles. The molecular formula is C17H27NO2S. The van der Waals surface area contributed by atoms with Crippen molar-refractivity contribution < 1.29 is 9.47 Å². The number of thioether (sulfide) groups is 1. The second-order valence-corrected chi connectivity index (χ2v) is 6.95. The van der Waals surface area contributed by atoms with E-state index in [1.165, 1.54) is 36.1 Å². The lowest BCUT2D eigenvalue weighted by Crippen LogP contribution is -2.23.